The molecule has 0 aliphatic carbocycles. The highest BCUT2D eigenvalue weighted by Gasteiger charge is 2.25. The molecule has 1 heterocycles. The third-order valence-electron chi connectivity index (χ3n) is 4.32. The van der Waals surface area contributed by atoms with Crippen molar-refractivity contribution in [3.8, 4) is 5.75 Å². The van der Waals surface area contributed by atoms with Gasteiger partial charge in [0, 0.05) is 45.1 Å². The fourth-order valence-electron chi connectivity index (χ4n) is 2.97. The van der Waals surface area contributed by atoms with Crippen LogP contribution in [0.2, 0.25) is 0 Å². The largest absolute Gasteiger partial charge is 0.488 e. The Morgan fingerprint density at radius 3 is 2.46 bits per heavy atom. The van der Waals surface area contributed by atoms with Crippen molar-refractivity contribution in [3.05, 3.63) is 29.3 Å². The summed E-state index contributed by atoms with van der Waals surface area (Å²) in [6.45, 7) is 9.46. The van der Waals surface area contributed by atoms with E-state index in [2.05, 4.69) is 21.7 Å². The first-order valence-corrected chi connectivity index (χ1v) is 9.76. The first-order chi connectivity index (χ1) is 13.2. The minimum absolute atomic E-state index is 0.0929. The Kier molecular flexibility index (Phi) is 7.43. The van der Waals surface area contributed by atoms with Gasteiger partial charge < -0.3 is 15.4 Å². The number of aliphatic imine (C=N–C) groups is 1. The van der Waals surface area contributed by atoms with E-state index >= 15 is 0 Å². The summed E-state index contributed by atoms with van der Waals surface area (Å²) in [6, 6.07) is 6.13. The molecule has 1 aromatic rings. The fraction of sp³-hybridized carbons (Fsp3) is 0.571. The minimum atomic E-state index is -0.282. The van der Waals surface area contributed by atoms with Crippen molar-refractivity contribution in [1.82, 2.24) is 15.5 Å². The van der Waals surface area contributed by atoms with Crippen LogP contribution in [0.3, 0.4) is 0 Å². The molecule has 1 aliphatic heterocycles. The van der Waals surface area contributed by atoms with Gasteiger partial charge in [0.25, 0.3) is 0 Å². The third-order valence-corrected chi connectivity index (χ3v) is 4.32. The van der Waals surface area contributed by atoms with E-state index in [1.54, 1.807) is 7.05 Å². The number of guanidine groups is 1. The molecule has 0 spiro atoms. The Labute approximate surface area is 167 Å². The highest BCUT2D eigenvalue weighted by Crippen LogP contribution is 2.24. The Hall–Kier alpha value is -2.57. The lowest BCUT2D eigenvalue weighted by Gasteiger charge is -2.25. The van der Waals surface area contributed by atoms with Gasteiger partial charge in [-0.05, 0) is 45.7 Å². The number of carbonyl (C=O) groups is 2. The third kappa shape index (κ3) is 6.55. The first kappa shape index (κ1) is 21.7. The minimum Gasteiger partial charge on any atom is -0.488 e. The van der Waals surface area contributed by atoms with Gasteiger partial charge in [0.2, 0.25) is 11.8 Å². The molecule has 0 saturated carbocycles. The van der Waals surface area contributed by atoms with Gasteiger partial charge in [-0.1, -0.05) is 12.1 Å². The van der Waals surface area contributed by atoms with Crippen molar-refractivity contribution in [2.24, 2.45) is 4.99 Å². The molecule has 0 aromatic heterocycles. The highest BCUT2D eigenvalue weighted by molar-refractivity contribution is 5.97. The van der Waals surface area contributed by atoms with Crippen LogP contribution in [-0.2, 0) is 16.1 Å². The molecular formula is C21H32N4O3. The van der Waals surface area contributed by atoms with Crippen molar-refractivity contribution in [2.45, 2.75) is 59.1 Å². The zero-order valence-electron chi connectivity index (χ0n) is 17.6. The number of hydrogen-bond donors (Lipinski definition) is 2. The number of carbonyl (C=O) groups excluding carboxylic acids is 2. The molecule has 2 N–H and O–H groups in total. The summed E-state index contributed by atoms with van der Waals surface area (Å²) < 4.78 is 6.08. The second-order valence-corrected chi connectivity index (χ2v) is 7.97. The van der Waals surface area contributed by atoms with E-state index in [9.17, 15) is 9.59 Å². The monoisotopic (exact) mass is 388 g/mol. The maximum atomic E-state index is 11.9. The van der Waals surface area contributed by atoms with Gasteiger partial charge >= 0.3 is 0 Å². The fourth-order valence-corrected chi connectivity index (χ4v) is 2.97. The topological polar surface area (TPSA) is 83.0 Å². The van der Waals surface area contributed by atoms with Crippen LogP contribution in [0.5, 0.6) is 5.75 Å². The Morgan fingerprint density at radius 1 is 1.18 bits per heavy atom. The number of benzene rings is 1. The van der Waals surface area contributed by atoms with Crippen LogP contribution in [0.4, 0.5) is 0 Å². The van der Waals surface area contributed by atoms with E-state index in [1.165, 1.54) is 4.90 Å². The number of aryl methyl sites for hydroxylation is 1. The summed E-state index contributed by atoms with van der Waals surface area (Å²) in [7, 11) is 1.69. The van der Waals surface area contributed by atoms with E-state index in [-0.39, 0.29) is 17.4 Å². The van der Waals surface area contributed by atoms with Crippen molar-refractivity contribution in [1.29, 1.82) is 0 Å². The number of likely N-dealkylation sites (tertiary alicyclic amines) is 1. The lowest BCUT2D eigenvalue weighted by Crippen LogP contribution is -2.46. The predicted octanol–water partition coefficient (Wildman–Crippen LogP) is 2.38. The molecule has 0 unspecified atom stereocenters. The van der Waals surface area contributed by atoms with Crippen molar-refractivity contribution in [3.63, 3.8) is 0 Å². The summed E-state index contributed by atoms with van der Waals surface area (Å²) in [6.07, 6.45) is 1.55. The second-order valence-electron chi connectivity index (χ2n) is 7.97. The molecule has 1 aliphatic rings. The summed E-state index contributed by atoms with van der Waals surface area (Å²) in [4.78, 5) is 29.3. The molecule has 1 aromatic carbocycles. The van der Waals surface area contributed by atoms with Gasteiger partial charge in [-0.2, -0.15) is 0 Å². The second kappa shape index (κ2) is 9.57. The summed E-state index contributed by atoms with van der Waals surface area (Å²) >= 11 is 0. The van der Waals surface area contributed by atoms with Crippen molar-refractivity contribution >= 4 is 17.8 Å². The summed E-state index contributed by atoms with van der Waals surface area (Å²) in [5.74, 6) is 1.27. The Bertz CT molecular complexity index is 722. The van der Waals surface area contributed by atoms with Crippen molar-refractivity contribution < 1.29 is 14.3 Å². The maximum Gasteiger partial charge on any atom is 0.229 e. The van der Waals surface area contributed by atoms with Crippen LogP contribution in [0, 0.1) is 6.92 Å². The van der Waals surface area contributed by atoms with Crippen molar-refractivity contribution in [2.75, 3.05) is 20.1 Å². The van der Waals surface area contributed by atoms with Crippen LogP contribution >= 0.6 is 0 Å². The lowest BCUT2D eigenvalue weighted by atomic mass is 10.1. The van der Waals surface area contributed by atoms with E-state index in [0.29, 0.717) is 44.9 Å². The maximum absolute atomic E-state index is 11.9. The molecule has 7 heteroatoms. The molecule has 2 rings (SSSR count). The molecular weight excluding hydrogens is 356 g/mol. The molecule has 28 heavy (non-hydrogen) atoms. The molecule has 154 valence electrons. The van der Waals surface area contributed by atoms with Gasteiger partial charge in [-0.15, -0.1) is 0 Å². The number of amides is 2. The normalized spacial score (nSPS) is 15.6. The van der Waals surface area contributed by atoms with Gasteiger partial charge in [0.1, 0.15) is 11.4 Å². The molecule has 0 bridgehead atoms. The van der Waals surface area contributed by atoms with Gasteiger partial charge in [-0.3, -0.25) is 19.5 Å². The first-order valence-electron chi connectivity index (χ1n) is 9.76. The number of piperidine rings is 1. The smallest absolute Gasteiger partial charge is 0.229 e. The number of nitrogens with one attached hydrogen (secondary N) is 2. The summed E-state index contributed by atoms with van der Waals surface area (Å²) in [5.41, 5.74) is 1.89. The standard InChI is InChI=1S/C21H32N4O3/c1-15-9-10-16(17(13-15)28-21(2,3)4)14-24-20(22-5)23-11-12-25-18(26)7-6-8-19(25)27/h9-10,13H,6-8,11-12,14H2,1-5H3,(H2,22,23,24). The molecule has 2 amide bonds. The zero-order chi connectivity index (χ0) is 20.7. The number of rotatable bonds is 6. The average Bonchev–Trinajstić information content (AvgIpc) is 2.60. The number of hydrogen-bond acceptors (Lipinski definition) is 4. The van der Waals surface area contributed by atoms with E-state index in [4.69, 9.17) is 4.74 Å². The molecule has 0 radical (unpaired) electrons. The molecule has 0 atom stereocenters. The van der Waals surface area contributed by atoms with Gasteiger partial charge in [-0.25, -0.2) is 0 Å². The summed E-state index contributed by atoms with van der Waals surface area (Å²) in [5, 5.41) is 6.42. The SMILES string of the molecule is CN=C(NCCN1C(=O)CCCC1=O)NCc1ccc(C)cc1OC(C)(C)C. The molecule has 1 fully saturated rings. The lowest BCUT2D eigenvalue weighted by molar-refractivity contribution is -0.147. The highest BCUT2D eigenvalue weighted by atomic mass is 16.5. The number of ether oxygens (including phenoxy) is 1. The van der Waals surface area contributed by atoms with Crippen LogP contribution in [0.25, 0.3) is 0 Å². The Balaban J connectivity index is 1.90. The number of nitrogens with zero attached hydrogens (tertiary/aromatic N) is 2. The zero-order valence-corrected chi connectivity index (χ0v) is 17.6. The van der Waals surface area contributed by atoms with Gasteiger partial charge in [0.05, 0.1) is 0 Å². The van der Waals surface area contributed by atoms with E-state index < -0.39 is 0 Å². The molecule has 7 nitrogen and oxygen atoms in total. The number of imide groups is 1. The Morgan fingerprint density at radius 2 is 1.86 bits per heavy atom. The predicted molar refractivity (Wildman–Crippen MR) is 110 cm³/mol. The van der Waals surface area contributed by atoms with Crippen LogP contribution in [-0.4, -0.2) is 48.4 Å². The van der Waals surface area contributed by atoms with Gasteiger partial charge in [0.15, 0.2) is 5.96 Å². The molecule has 1 saturated heterocycles. The van der Waals surface area contributed by atoms with Crippen LogP contribution < -0.4 is 15.4 Å². The van der Waals surface area contributed by atoms with E-state index in [1.807, 2.05) is 39.8 Å². The van der Waals surface area contributed by atoms with E-state index in [0.717, 1.165) is 16.9 Å². The van der Waals surface area contributed by atoms with Crippen LogP contribution in [0.15, 0.2) is 23.2 Å². The average molecular weight is 389 g/mol. The quantitative estimate of drug-likeness (QED) is 0.444. The van der Waals surface area contributed by atoms with Crippen LogP contribution in [0.1, 0.15) is 51.2 Å².